The van der Waals surface area contributed by atoms with E-state index in [2.05, 4.69) is 50.4 Å². The highest BCUT2D eigenvalue weighted by Crippen LogP contribution is 2.61. The molecule has 0 aromatic heterocycles. The molecule has 3 saturated carbocycles. The molecule has 3 aromatic rings. The molecule has 2 N–H and O–H groups in total. The molecule has 4 heterocycles. The number of hydrogen-bond donors (Lipinski definition) is 2. The van der Waals surface area contributed by atoms with E-state index in [1.54, 1.807) is 5.06 Å². The van der Waals surface area contributed by atoms with Crippen molar-refractivity contribution in [2.45, 2.75) is 114 Å². The monoisotopic (exact) mass is 760 g/mol. The summed E-state index contributed by atoms with van der Waals surface area (Å²) in [6, 6.07) is 26.8. The highest BCUT2D eigenvalue weighted by molar-refractivity contribution is 5.93. The lowest BCUT2D eigenvalue weighted by Crippen LogP contribution is -2.69. The van der Waals surface area contributed by atoms with Crippen molar-refractivity contribution in [3.8, 4) is 0 Å². The second kappa shape index (κ2) is 13.3. The van der Waals surface area contributed by atoms with Gasteiger partial charge in [0, 0.05) is 24.1 Å². The number of nitrogens with one attached hydrogen (secondary N) is 1. The molecule has 7 fully saturated rings. The fraction of sp³-hybridized carbons (Fsp3) is 0.522. The summed E-state index contributed by atoms with van der Waals surface area (Å²) in [6.45, 7) is 7.17. The zero-order valence-corrected chi connectivity index (χ0v) is 32.4. The van der Waals surface area contributed by atoms with Crippen LogP contribution in [0.1, 0.15) is 81.5 Å². The summed E-state index contributed by atoms with van der Waals surface area (Å²) < 4.78 is 26.5. The van der Waals surface area contributed by atoms with Crippen molar-refractivity contribution in [1.82, 2.24) is 10.4 Å². The second-order valence-corrected chi connectivity index (χ2v) is 18.1. The molecule has 4 aliphatic heterocycles. The number of fused-ring (bicyclic) bond motifs is 6. The summed E-state index contributed by atoms with van der Waals surface area (Å²) in [4.78, 5) is 35.5. The SMILES string of the molecule is CC1(C)CC2C(=Cc3cccc(CN4OC5C6OC(c7ccccc7)(c7ccccc7)OC6C6CC5(C(=O)NCCO)C4C(=O)O6)c3)CCC3OC3(C)CCC21. The van der Waals surface area contributed by atoms with Gasteiger partial charge in [-0.15, -0.1) is 0 Å². The number of aliphatic hydroxyl groups excluding tert-OH is 1. The first kappa shape index (κ1) is 36.4. The number of carbonyl (C=O) groups is 2. The van der Waals surface area contributed by atoms with E-state index in [1.165, 1.54) is 18.4 Å². The molecule has 7 aliphatic rings. The Morgan fingerprint density at radius 2 is 1.64 bits per heavy atom. The topological polar surface area (TPSA) is 119 Å². The van der Waals surface area contributed by atoms with Gasteiger partial charge in [0.1, 0.15) is 29.8 Å². The molecule has 10 nitrogen and oxygen atoms in total. The lowest BCUT2D eigenvalue weighted by Gasteiger charge is -2.53. The van der Waals surface area contributed by atoms with E-state index in [0.29, 0.717) is 23.4 Å². The van der Waals surface area contributed by atoms with Crippen LogP contribution in [0.2, 0.25) is 0 Å². The van der Waals surface area contributed by atoms with Crippen molar-refractivity contribution in [1.29, 1.82) is 0 Å². The van der Waals surface area contributed by atoms with Crippen LogP contribution in [0.3, 0.4) is 0 Å². The minimum Gasteiger partial charge on any atom is -0.458 e. The van der Waals surface area contributed by atoms with E-state index in [9.17, 15) is 14.7 Å². The Bertz CT molecular complexity index is 2000. The Hall–Kier alpha value is -3.90. The lowest BCUT2D eigenvalue weighted by atomic mass is 9.52. The molecule has 0 spiro atoms. The molecule has 10 heteroatoms. The summed E-state index contributed by atoms with van der Waals surface area (Å²) in [7, 11) is 0. The van der Waals surface area contributed by atoms with Crippen LogP contribution in [0.4, 0.5) is 0 Å². The van der Waals surface area contributed by atoms with Crippen LogP contribution in [0.25, 0.3) is 6.08 Å². The number of ether oxygens (including phenoxy) is 4. The zero-order chi connectivity index (χ0) is 38.5. The molecule has 2 bridgehead atoms. The number of benzene rings is 3. The normalized spacial score (nSPS) is 38.1. The number of epoxide rings is 1. The van der Waals surface area contributed by atoms with E-state index in [0.717, 1.165) is 41.5 Å². The third-order valence-corrected chi connectivity index (χ3v) is 14.3. The van der Waals surface area contributed by atoms with Gasteiger partial charge < -0.3 is 29.4 Å². The van der Waals surface area contributed by atoms with Crippen molar-refractivity contribution in [3.05, 3.63) is 113 Å². The molecule has 10 atom stereocenters. The summed E-state index contributed by atoms with van der Waals surface area (Å²) in [5, 5.41) is 14.3. The van der Waals surface area contributed by atoms with Crippen molar-refractivity contribution >= 4 is 18.0 Å². The molecule has 4 saturated heterocycles. The van der Waals surface area contributed by atoms with E-state index < -0.39 is 47.6 Å². The highest BCUT2D eigenvalue weighted by atomic mass is 16.8. The first-order chi connectivity index (χ1) is 27.0. The minimum atomic E-state index is -1.34. The van der Waals surface area contributed by atoms with E-state index in [1.807, 2.05) is 66.7 Å². The van der Waals surface area contributed by atoms with Crippen molar-refractivity contribution in [2.24, 2.45) is 22.7 Å². The Labute approximate surface area is 328 Å². The molecule has 294 valence electrons. The number of hydroxylamine groups is 2. The van der Waals surface area contributed by atoms with Gasteiger partial charge in [-0.2, -0.15) is 5.06 Å². The predicted molar refractivity (Wildman–Crippen MR) is 206 cm³/mol. The maximum atomic E-state index is 14.4. The van der Waals surface area contributed by atoms with Crippen molar-refractivity contribution in [3.63, 3.8) is 0 Å². The van der Waals surface area contributed by atoms with Gasteiger partial charge in [-0.3, -0.25) is 14.4 Å². The van der Waals surface area contributed by atoms with Crippen LogP contribution < -0.4 is 5.32 Å². The molecule has 3 aromatic carbocycles. The number of rotatable bonds is 8. The Morgan fingerprint density at radius 1 is 0.911 bits per heavy atom. The van der Waals surface area contributed by atoms with Gasteiger partial charge in [-0.1, -0.05) is 110 Å². The number of nitrogens with zero attached hydrogens (tertiary/aromatic N) is 1. The molecule has 56 heavy (non-hydrogen) atoms. The first-order valence-electron chi connectivity index (χ1n) is 20.5. The van der Waals surface area contributed by atoms with Crippen LogP contribution in [0, 0.1) is 22.7 Å². The first-order valence-corrected chi connectivity index (χ1v) is 20.5. The molecule has 3 aliphatic carbocycles. The van der Waals surface area contributed by atoms with Gasteiger partial charge in [-0.25, -0.2) is 0 Å². The smallest absolute Gasteiger partial charge is 0.327 e. The number of amides is 1. The maximum absolute atomic E-state index is 14.4. The molecular formula is C46H52N2O8. The highest BCUT2D eigenvalue weighted by Gasteiger charge is 2.76. The fourth-order valence-electron chi connectivity index (χ4n) is 11.4. The van der Waals surface area contributed by atoms with Crippen molar-refractivity contribution in [2.75, 3.05) is 13.2 Å². The number of aliphatic hydroxyl groups is 1. The lowest BCUT2D eigenvalue weighted by molar-refractivity contribution is -0.213. The second-order valence-electron chi connectivity index (χ2n) is 18.1. The molecule has 1 amide bonds. The summed E-state index contributed by atoms with van der Waals surface area (Å²) in [5.41, 5.74) is 4.15. The average molecular weight is 761 g/mol. The van der Waals surface area contributed by atoms with Gasteiger partial charge in [0.2, 0.25) is 11.7 Å². The zero-order valence-electron chi connectivity index (χ0n) is 32.4. The Balaban J connectivity index is 0.983. The van der Waals surface area contributed by atoms with Crippen LogP contribution in [-0.2, 0) is 45.7 Å². The van der Waals surface area contributed by atoms with Crippen LogP contribution in [-0.4, -0.2) is 77.4 Å². The predicted octanol–water partition coefficient (Wildman–Crippen LogP) is 6.06. The minimum absolute atomic E-state index is 0.0331. The van der Waals surface area contributed by atoms with E-state index in [-0.39, 0.29) is 37.6 Å². The molecular weight excluding hydrogens is 709 g/mol. The number of allylic oxidation sites excluding steroid dienone is 1. The third-order valence-electron chi connectivity index (χ3n) is 14.3. The fourth-order valence-corrected chi connectivity index (χ4v) is 11.4. The van der Waals surface area contributed by atoms with Gasteiger partial charge in [0.25, 0.3) is 0 Å². The Kier molecular flexibility index (Phi) is 8.67. The quantitative estimate of drug-likeness (QED) is 0.209. The van der Waals surface area contributed by atoms with Crippen LogP contribution in [0.5, 0.6) is 0 Å². The maximum Gasteiger partial charge on any atom is 0.327 e. The number of esters is 1. The molecule has 0 radical (unpaired) electrons. The van der Waals surface area contributed by atoms with E-state index in [4.69, 9.17) is 23.8 Å². The summed E-state index contributed by atoms with van der Waals surface area (Å²) >= 11 is 0. The summed E-state index contributed by atoms with van der Waals surface area (Å²) in [5.74, 6) is -1.01. The van der Waals surface area contributed by atoms with Gasteiger partial charge in [0.15, 0.2) is 6.04 Å². The van der Waals surface area contributed by atoms with E-state index >= 15 is 0 Å². The number of hydrogen-bond acceptors (Lipinski definition) is 9. The number of carbonyl (C=O) groups excluding carboxylic acids is 2. The van der Waals surface area contributed by atoms with Gasteiger partial charge >= 0.3 is 5.97 Å². The Morgan fingerprint density at radius 3 is 2.36 bits per heavy atom. The molecule has 10 unspecified atom stereocenters. The largest absolute Gasteiger partial charge is 0.458 e. The van der Waals surface area contributed by atoms with Crippen LogP contribution >= 0.6 is 0 Å². The van der Waals surface area contributed by atoms with Gasteiger partial charge in [-0.05, 0) is 67.4 Å². The average Bonchev–Trinajstić information content (AvgIpc) is 3.48. The molecule has 10 rings (SSSR count). The standard InChI is InChI=1S/C46H52N2O8/c1-43(2)25-33-30(17-18-36-44(3,53-36)20-19-34(33)43)24-28-11-10-12-29(23-28)27-48-39-41(50)52-35-26-45(39,42(51)47-21-22-49)40(56-48)38-37(35)54-46(55-38,31-13-6-4-7-14-31)32-15-8-5-9-16-32/h4-16,23-24,33-40,49H,17-22,25-27H2,1-3H3,(H,47,51). The third kappa shape index (κ3) is 5.66. The summed E-state index contributed by atoms with van der Waals surface area (Å²) in [6.07, 6.45) is 5.43. The van der Waals surface area contributed by atoms with Crippen molar-refractivity contribution < 1.29 is 38.5 Å². The van der Waals surface area contributed by atoms with Crippen LogP contribution in [0.15, 0.2) is 90.5 Å². The van der Waals surface area contributed by atoms with Gasteiger partial charge in [0.05, 0.1) is 24.9 Å².